The minimum atomic E-state index is -0.213. The summed E-state index contributed by atoms with van der Waals surface area (Å²) in [5.74, 6) is 1.87. The molecule has 5 nitrogen and oxygen atoms in total. The summed E-state index contributed by atoms with van der Waals surface area (Å²) in [6.45, 7) is 2.07. The lowest BCUT2D eigenvalue weighted by molar-refractivity contribution is -0.117. The van der Waals surface area contributed by atoms with Gasteiger partial charge in [0.1, 0.15) is 11.5 Å². The average molecular weight is 386 g/mol. The largest absolute Gasteiger partial charge is 0.457 e. The third-order valence-electron chi connectivity index (χ3n) is 4.95. The number of carbonyl (C=O) groups excluding carboxylic acids is 2. The first kappa shape index (κ1) is 18.7. The first-order valence-corrected chi connectivity index (χ1v) is 9.64. The SMILES string of the molecule is CC1CC1C(=O)Nc1ccc(C(=O)Nc2ccc(Oc3ccccc3)cc2)cc1. The van der Waals surface area contributed by atoms with E-state index in [1.807, 2.05) is 30.3 Å². The van der Waals surface area contributed by atoms with Crippen molar-refractivity contribution in [1.82, 2.24) is 0 Å². The molecule has 0 aromatic heterocycles. The van der Waals surface area contributed by atoms with Gasteiger partial charge < -0.3 is 15.4 Å². The number of rotatable bonds is 6. The first-order chi connectivity index (χ1) is 14.1. The maximum absolute atomic E-state index is 12.5. The second-order valence-electron chi connectivity index (χ2n) is 7.28. The molecule has 0 radical (unpaired) electrons. The molecule has 0 heterocycles. The van der Waals surface area contributed by atoms with Crippen LogP contribution in [0.3, 0.4) is 0 Å². The van der Waals surface area contributed by atoms with Crippen molar-refractivity contribution in [3.05, 3.63) is 84.4 Å². The van der Waals surface area contributed by atoms with E-state index in [9.17, 15) is 9.59 Å². The number of para-hydroxylation sites is 1. The van der Waals surface area contributed by atoms with Crippen LogP contribution < -0.4 is 15.4 Å². The molecule has 5 heteroatoms. The van der Waals surface area contributed by atoms with Gasteiger partial charge in [0.25, 0.3) is 5.91 Å². The second-order valence-corrected chi connectivity index (χ2v) is 7.28. The van der Waals surface area contributed by atoms with Crippen molar-refractivity contribution in [1.29, 1.82) is 0 Å². The molecule has 3 aromatic rings. The summed E-state index contributed by atoms with van der Waals surface area (Å²) in [5, 5.41) is 5.75. The second kappa shape index (κ2) is 8.19. The topological polar surface area (TPSA) is 67.4 Å². The number of nitrogens with one attached hydrogen (secondary N) is 2. The van der Waals surface area contributed by atoms with Crippen LogP contribution in [0.1, 0.15) is 23.7 Å². The van der Waals surface area contributed by atoms with Gasteiger partial charge in [0.05, 0.1) is 0 Å². The van der Waals surface area contributed by atoms with Gasteiger partial charge in [-0.05, 0) is 73.0 Å². The monoisotopic (exact) mass is 386 g/mol. The molecule has 2 unspecified atom stereocenters. The average Bonchev–Trinajstić information content (AvgIpc) is 3.47. The predicted octanol–water partition coefficient (Wildman–Crippen LogP) is 5.33. The zero-order valence-electron chi connectivity index (χ0n) is 16.1. The third kappa shape index (κ3) is 4.82. The predicted molar refractivity (Wildman–Crippen MR) is 113 cm³/mol. The fraction of sp³-hybridized carbons (Fsp3) is 0.167. The Morgan fingerprint density at radius 1 is 0.793 bits per heavy atom. The zero-order chi connectivity index (χ0) is 20.2. The number of anilines is 2. The summed E-state index contributed by atoms with van der Waals surface area (Å²) in [6, 6.07) is 23.6. The third-order valence-corrected chi connectivity index (χ3v) is 4.95. The highest BCUT2D eigenvalue weighted by molar-refractivity contribution is 6.04. The van der Waals surface area contributed by atoms with Crippen LogP contribution in [0.4, 0.5) is 11.4 Å². The molecule has 1 fully saturated rings. The van der Waals surface area contributed by atoms with E-state index >= 15 is 0 Å². The molecule has 1 saturated carbocycles. The minimum Gasteiger partial charge on any atom is -0.457 e. The Balaban J connectivity index is 1.33. The molecule has 3 aromatic carbocycles. The Labute approximate surface area is 169 Å². The van der Waals surface area contributed by atoms with Gasteiger partial charge >= 0.3 is 0 Å². The summed E-state index contributed by atoms with van der Waals surface area (Å²) < 4.78 is 5.75. The number of amides is 2. The fourth-order valence-corrected chi connectivity index (χ4v) is 3.06. The van der Waals surface area contributed by atoms with Crippen LogP contribution in [0.5, 0.6) is 11.5 Å². The quantitative estimate of drug-likeness (QED) is 0.602. The number of carbonyl (C=O) groups is 2. The van der Waals surface area contributed by atoms with Gasteiger partial charge in [-0.25, -0.2) is 0 Å². The molecule has 0 aliphatic heterocycles. The summed E-state index contributed by atoms with van der Waals surface area (Å²) in [6.07, 6.45) is 0.946. The fourth-order valence-electron chi connectivity index (χ4n) is 3.06. The van der Waals surface area contributed by atoms with Gasteiger partial charge in [-0.2, -0.15) is 0 Å². The number of hydrogen-bond acceptors (Lipinski definition) is 3. The van der Waals surface area contributed by atoms with Crippen molar-refractivity contribution in [2.75, 3.05) is 10.6 Å². The first-order valence-electron chi connectivity index (χ1n) is 9.64. The van der Waals surface area contributed by atoms with E-state index in [2.05, 4.69) is 17.6 Å². The molecule has 2 amide bonds. The van der Waals surface area contributed by atoms with Gasteiger partial charge in [-0.1, -0.05) is 25.1 Å². The standard InChI is InChI=1S/C24H22N2O3/c1-16-15-22(16)24(28)26-18-9-7-17(8-10-18)23(27)25-19-11-13-21(14-12-19)29-20-5-3-2-4-6-20/h2-14,16,22H,15H2,1H3,(H,25,27)(H,26,28). The highest BCUT2D eigenvalue weighted by atomic mass is 16.5. The molecule has 2 atom stereocenters. The van der Waals surface area contributed by atoms with Crippen molar-refractivity contribution in [3.63, 3.8) is 0 Å². The van der Waals surface area contributed by atoms with Gasteiger partial charge in [-0.15, -0.1) is 0 Å². The van der Waals surface area contributed by atoms with Gasteiger partial charge in [0, 0.05) is 22.9 Å². The lowest BCUT2D eigenvalue weighted by Gasteiger charge is -2.09. The summed E-state index contributed by atoms with van der Waals surface area (Å²) in [5.41, 5.74) is 1.90. The van der Waals surface area contributed by atoms with Crippen LogP contribution in [0, 0.1) is 11.8 Å². The number of benzene rings is 3. The van der Waals surface area contributed by atoms with Crippen LogP contribution in [0.2, 0.25) is 0 Å². The molecule has 0 bridgehead atoms. The Kier molecular flexibility index (Phi) is 5.29. The molecule has 1 aliphatic carbocycles. The van der Waals surface area contributed by atoms with Crippen LogP contribution in [0.15, 0.2) is 78.9 Å². The van der Waals surface area contributed by atoms with Crippen molar-refractivity contribution in [2.45, 2.75) is 13.3 Å². The smallest absolute Gasteiger partial charge is 0.255 e. The Bertz CT molecular complexity index is 999. The van der Waals surface area contributed by atoms with E-state index in [1.54, 1.807) is 48.5 Å². The summed E-state index contributed by atoms with van der Waals surface area (Å²) in [4.78, 5) is 24.4. The Hall–Kier alpha value is -3.60. The molecule has 0 spiro atoms. The highest BCUT2D eigenvalue weighted by Crippen LogP contribution is 2.38. The van der Waals surface area contributed by atoms with Crippen LogP contribution in [-0.4, -0.2) is 11.8 Å². The normalized spacial score (nSPS) is 17.3. The van der Waals surface area contributed by atoms with Gasteiger partial charge in [0.2, 0.25) is 5.91 Å². The highest BCUT2D eigenvalue weighted by Gasteiger charge is 2.39. The van der Waals surface area contributed by atoms with Gasteiger partial charge in [0.15, 0.2) is 0 Å². The molecular weight excluding hydrogens is 364 g/mol. The van der Waals surface area contributed by atoms with E-state index in [-0.39, 0.29) is 17.7 Å². The summed E-state index contributed by atoms with van der Waals surface area (Å²) >= 11 is 0. The van der Waals surface area contributed by atoms with Crippen LogP contribution >= 0.6 is 0 Å². The molecule has 2 N–H and O–H groups in total. The van der Waals surface area contributed by atoms with Crippen LogP contribution in [0.25, 0.3) is 0 Å². The molecule has 1 aliphatic rings. The maximum Gasteiger partial charge on any atom is 0.255 e. The van der Waals surface area contributed by atoms with Crippen LogP contribution in [-0.2, 0) is 4.79 Å². The van der Waals surface area contributed by atoms with Crippen molar-refractivity contribution < 1.29 is 14.3 Å². The maximum atomic E-state index is 12.5. The summed E-state index contributed by atoms with van der Waals surface area (Å²) in [7, 11) is 0. The zero-order valence-corrected chi connectivity index (χ0v) is 16.1. The molecule has 4 rings (SSSR count). The van der Waals surface area contributed by atoms with Gasteiger partial charge in [-0.3, -0.25) is 9.59 Å². The molecular formula is C24H22N2O3. The van der Waals surface area contributed by atoms with E-state index in [4.69, 9.17) is 4.74 Å². The van der Waals surface area contributed by atoms with Crippen molar-refractivity contribution in [3.8, 4) is 11.5 Å². The van der Waals surface area contributed by atoms with Crippen molar-refractivity contribution >= 4 is 23.2 Å². The molecule has 146 valence electrons. The Morgan fingerprint density at radius 2 is 1.34 bits per heavy atom. The Morgan fingerprint density at radius 3 is 1.97 bits per heavy atom. The van der Waals surface area contributed by atoms with E-state index in [0.717, 1.165) is 12.2 Å². The van der Waals surface area contributed by atoms with E-state index in [0.29, 0.717) is 28.6 Å². The lowest BCUT2D eigenvalue weighted by atomic mass is 10.2. The van der Waals surface area contributed by atoms with E-state index in [1.165, 1.54) is 0 Å². The number of ether oxygens (including phenoxy) is 1. The minimum absolute atomic E-state index is 0.0486. The van der Waals surface area contributed by atoms with Crippen molar-refractivity contribution in [2.24, 2.45) is 11.8 Å². The molecule has 29 heavy (non-hydrogen) atoms. The lowest BCUT2D eigenvalue weighted by Crippen LogP contribution is -2.15. The number of hydrogen-bond donors (Lipinski definition) is 2. The van der Waals surface area contributed by atoms with E-state index < -0.39 is 0 Å². The molecule has 0 saturated heterocycles.